The summed E-state index contributed by atoms with van der Waals surface area (Å²) in [6.07, 6.45) is -2.84. The average molecular weight is 441 g/mol. The van der Waals surface area contributed by atoms with Gasteiger partial charge in [-0.15, -0.1) is 0 Å². The van der Waals surface area contributed by atoms with Crippen LogP contribution in [-0.2, 0) is 12.7 Å². The first-order valence-electron chi connectivity index (χ1n) is 10.2. The second-order valence-electron chi connectivity index (χ2n) is 7.69. The number of carbonyl (C=O) groups excluding carboxylic acids is 1. The van der Waals surface area contributed by atoms with Crippen LogP contribution in [0.5, 0.6) is 11.6 Å². The lowest BCUT2D eigenvalue weighted by Gasteiger charge is -2.17. The molecule has 1 fully saturated rings. The van der Waals surface area contributed by atoms with Gasteiger partial charge in [-0.1, -0.05) is 30.3 Å². The van der Waals surface area contributed by atoms with Crippen LogP contribution >= 0.6 is 0 Å². The van der Waals surface area contributed by atoms with Crippen molar-refractivity contribution in [3.05, 3.63) is 89.6 Å². The molecule has 5 nitrogen and oxygen atoms in total. The highest BCUT2D eigenvalue weighted by molar-refractivity contribution is 5.94. The number of nitrogens with one attached hydrogen (secondary N) is 1. The van der Waals surface area contributed by atoms with Crippen LogP contribution in [-0.4, -0.2) is 34.9 Å². The minimum absolute atomic E-state index is 0.0414. The van der Waals surface area contributed by atoms with Crippen LogP contribution in [0.15, 0.2) is 72.9 Å². The third-order valence-electron chi connectivity index (χ3n) is 5.26. The molecule has 1 unspecified atom stereocenters. The van der Waals surface area contributed by atoms with Crippen molar-refractivity contribution < 1.29 is 22.7 Å². The molecule has 2 aromatic carbocycles. The van der Waals surface area contributed by atoms with Crippen molar-refractivity contribution in [3.8, 4) is 11.6 Å². The number of amides is 1. The molecule has 32 heavy (non-hydrogen) atoms. The van der Waals surface area contributed by atoms with E-state index >= 15 is 0 Å². The van der Waals surface area contributed by atoms with Gasteiger partial charge in [-0.2, -0.15) is 13.2 Å². The zero-order valence-electron chi connectivity index (χ0n) is 17.2. The van der Waals surface area contributed by atoms with Crippen molar-refractivity contribution in [3.63, 3.8) is 0 Å². The summed E-state index contributed by atoms with van der Waals surface area (Å²) < 4.78 is 43.3. The highest BCUT2D eigenvalue weighted by Crippen LogP contribution is 2.30. The number of likely N-dealkylation sites (tertiary alicyclic amines) is 1. The number of benzene rings is 2. The average Bonchev–Trinajstić information content (AvgIpc) is 3.21. The number of pyridine rings is 1. The van der Waals surface area contributed by atoms with E-state index in [0.29, 0.717) is 11.3 Å². The van der Waals surface area contributed by atoms with Gasteiger partial charge in [0.25, 0.3) is 5.91 Å². The number of ether oxygens (including phenoxy) is 1. The van der Waals surface area contributed by atoms with Crippen molar-refractivity contribution in [2.45, 2.75) is 25.2 Å². The molecule has 1 saturated heterocycles. The number of hydrogen-bond acceptors (Lipinski definition) is 4. The number of rotatable bonds is 6. The Morgan fingerprint density at radius 3 is 2.47 bits per heavy atom. The predicted octanol–water partition coefficient (Wildman–Crippen LogP) is 4.90. The van der Waals surface area contributed by atoms with Crippen LogP contribution in [0.25, 0.3) is 0 Å². The van der Waals surface area contributed by atoms with Crippen molar-refractivity contribution in [2.75, 3.05) is 13.1 Å². The molecule has 1 aliphatic heterocycles. The van der Waals surface area contributed by atoms with Gasteiger partial charge in [0.1, 0.15) is 5.75 Å². The summed E-state index contributed by atoms with van der Waals surface area (Å²) in [5.74, 6) is 0.249. The van der Waals surface area contributed by atoms with Gasteiger partial charge in [-0.3, -0.25) is 9.69 Å². The third-order valence-corrected chi connectivity index (χ3v) is 5.26. The van der Waals surface area contributed by atoms with Crippen molar-refractivity contribution >= 4 is 5.91 Å². The Bertz CT molecular complexity index is 1040. The molecule has 0 aliphatic carbocycles. The maximum absolute atomic E-state index is 12.6. The maximum atomic E-state index is 12.6. The largest absolute Gasteiger partial charge is 0.439 e. The van der Waals surface area contributed by atoms with Crippen molar-refractivity contribution in [1.82, 2.24) is 15.2 Å². The highest BCUT2D eigenvalue weighted by Gasteiger charge is 2.30. The van der Waals surface area contributed by atoms with E-state index in [0.717, 1.165) is 44.4 Å². The molecular formula is C24H22F3N3O2. The van der Waals surface area contributed by atoms with E-state index in [4.69, 9.17) is 4.74 Å². The molecule has 0 saturated carbocycles. The number of alkyl halides is 3. The fourth-order valence-corrected chi connectivity index (χ4v) is 3.61. The zero-order chi connectivity index (χ0) is 22.6. The smallest absolute Gasteiger partial charge is 0.417 e. The van der Waals surface area contributed by atoms with Crippen LogP contribution < -0.4 is 10.1 Å². The molecule has 166 valence electrons. The monoisotopic (exact) mass is 441 g/mol. The topological polar surface area (TPSA) is 54.5 Å². The van der Waals surface area contributed by atoms with Crippen LogP contribution in [0.2, 0.25) is 0 Å². The maximum Gasteiger partial charge on any atom is 0.417 e. The van der Waals surface area contributed by atoms with E-state index in [1.165, 1.54) is 5.56 Å². The second-order valence-corrected chi connectivity index (χ2v) is 7.69. The fourth-order valence-electron chi connectivity index (χ4n) is 3.61. The third kappa shape index (κ3) is 5.64. The van der Waals surface area contributed by atoms with E-state index in [9.17, 15) is 18.0 Å². The van der Waals surface area contributed by atoms with Gasteiger partial charge in [0.15, 0.2) is 0 Å². The summed E-state index contributed by atoms with van der Waals surface area (Å²) in [5, 5.41) is 3.06. The lowest BCUT2D eigenvalue weighted by atomic mass is 10.2. The number of aromatic nitrogens is 1. The Labute approximate surface area is 183 Å². The van der Waals surface area contributed by atoms with Gasteiger partial charge >= 0.3 is 6.18 Å². The number of hydrogen-bond donors (Lipinski definition) is 1. The Morgan fingerprint density at radius 2 is 1.81 bits per heavy atom. The highest BCUT2D eigenvalue weighted by atomic mass is 19.4. The van der Waals surface area contributed by atoms with Gasteiger partial charge in [-0.25, -0.2) is 4.98 Å². The molecule has 8 heteroatoms. The van der Waals surface area contributed by atoms with Gasteiger partial charge in [0.05, 0.1) is 5.56 Å². The zero-order valence-corrected chi connectivity index (χ0v) is 17.2. The molecule has 3 aromatic rings. The molecule has 1 amide bonds. The number of halogens is 3. The van der Waals surface area contributed by atoms with Crippen LogP contribution in [0.1, 0.15) is 27.9 Å². The van der Waals surface area contributed by atoms with Crippen LogP contribution in [0, 0.1) is 0 Å². The minimum Gasteiger partial charge on any atom is -0.439 e. The predicted molar refractivity (Wildman–Crippen MR) is 113 cm³/mol. The summed E-state index contributed by atoms with van der Waals surface area (Å²) in [6.45, 7) is 2.57. The lowest BCUT2D eigenvalue weighted by Crippen LogP contribution is -2.36. The van der Waals surface area contributed by atoms with E-state index < -0.39 is 11.7 Å². The summed E-state index contributed by atoms with van der Waals surface area (Å²) in [5.41, 5.74) is 0.892. The molecule has 1 N–H and O–H groups in total. The molecule has 0 bridgehead atoms. The van der Waals surface area contributed by atoms with Crippen LogP contribution in [0.4, 0.5) is 13.2 Å². The molecule has 0 radical (unpaired) electrons. The summed E-state index contributed by atoms with van der Waals surface area (Å²) in [4.78, 5) is 18.6. The summed E-state index contributed by atoms with van der Waals surface area (Å²) in [6, 6.07) is 18.8. The van der Waals surface area contributed by atoms with Gasteiger partial charge < -0.3 is 10.1 Å². The normalized spacial score (nSPS) is 16.7. The standard InChI is InChI=1S/C24H22F3N3O2/c25-24(26,27)19-8-11-22(28-14-19)32-21-9-6-18(7-10-21)23(31)29-20-12-13-30(16-20)15-17-4-2-1-3-5-17/h1-11,14,20H,12-13,15-16H2,(H,29,31). The molecule has 1 aromatic heterocycles. The van der Waals surface area contributed by atoms with Gasteiger partial charge in [-0.05, 0) is 42.3 Å². The lowest BCUT2D eigenvalue weighted by molar-refractivity contribution is -0.137. The minimum atomic E-state index is -4.45. The Morgan fingerprint density at radius 1 is 1.06 bits per heavy atom. The quantitative estimate of drug-likeness (QED) is 0.592. The van der Waals surface area contributed by atoms with Crippen molar-refractivity contribution in [2.24, 2.45) is 0 Å². The molecule has 2 heterocycles. The fraction of sp³-hybridized carbons (Fsp3) is 0.250. The number of carbonyl (C=O) groups is 1. The summed E-state index contributed by atoms with van der Waals surface area (Å²) >= 11 is 0. The van der Waals surface area contributed by atoms with E-state index in [-0.39, 0.29) is 17.8 Å². The first-order chi connectivity index (χ1) is 15.4. The Hall–Kier alpha value is -3.39. The van der Waals surface area contributed by atoms with E-state index in [1.54, 1.807) is 24.3 Å². The van der Waals surface area contributed by atoms with Gasteiger partial charge in [0.2, 0.25) is 5.88 Å². The molecule has 1 aliphatic rings. The SMILES string of the molecule is O=C(NC1CCN(Cc2ccccc2)C1)c1ccc(Oc2ccc(C(F)(F)F)cn2)cc1. The second kappa shape index (κ2) is 9.40. The molecular weight excluding hydrogens is 419 g/mol. The van der Waals surface area contributed by atoms with Gasteiger partial charge in [0, 0.05) is 43.5 Å². The molecule has 0 spiro atoms. The first-order valence-corrected chi connectivity index (χ1v) is 10.2. The van der Waals surface area contributed by atoms with Crippen molar-refractivity contribution in [1.29, 1.82) is 0 Å². The summed E-state index contributed by atoms with van der Waals surface area (Å²) in [7, 11) is 0. The Balaban J connectivity index is 1.29. The van der Waals surface area contributed by atoms with Crippen LogP contribution in [0.3, 0.4) is 0 Å². The number of nitrogens with zero attached hydrogens (tertiary/aromatic N) is 2. The Kier molecular flexibility index (Phi) is 6.41. The molecule has 4 rings (SSSR count). The first kappa shape index (κ1) is 21.8. The van der Waals surface area contributed by atoms with E-state index in [1.807, 2.05) is 18.2 Å². The molecule has 1 atom stereocenters. The van der Waals surface area contributed by atoms with E-state index in [2.05, 4.69) is 27.3 Å².